The van der Waals surface area contributed by atoms with E-state index in [4.69, 9.17) is 0 Å². The van der Waals surface area contributed by atoms with Crippen LogP contribution in [-0.4, -0.2) is 10.9 Å². The van der Waals surface area contributed by atoms with Crippen molar-refractivity contribution in [2.75, 3.05) is 0 Å². The van der Waals surface area contributed by atoms with Crippen LogP contribution in [0.2, 0.25) is 0 Å². The molecule has 98 valence electrons. The number of aliphatic hydroxyl groups is 1. The Labute approximate surface area is 109 Å². The van der Waals surface area contributed by atoms with Gasteiger partial charge in [-0.15, -0.1) is 0 Å². The SMILES string of the molecule is CCCCC=C(C(=O)CC)C(O)c1ccccc1. The maximum Gasteiger partial charge on any atom is 0.161 e. The minimum absolute atomic E-state index is 0.0301. The fourth-order valence-electron chi connectivity index (χ4n) is 1.86. The summed E-state index contributed by atoms with van der Waals surface area (Å²) in [5.74, 6) is 0.0301. The van der Waals surface area contributed by atoms with E-state index in [0.29, 0.717) is 12.0 Å². The van der Waals surface area contributed by atoms with Crippen molar-refractivity contribution >= 4 is 5.78 Å². The summed E-state index contributed by atoms with van der Waals surface area (Å²) in [6.45, 7) is 3.94. The molecule has 2 heteroatoms. The zero-order chi connectivity index (χ0) is 13.4. The molecule has 0 aliphatic heterocycles. The quantitative estimate of drug-likeness (QED) is 0.586. The van der Waals surface area contributed by atoms with Crippen molar-refractivity contribution in [1.29, 1.82) is 0 Å². The van der Waals surface area contributed by atoms with Gasteiger partial charge in [-0.25, -0.2) is 0 Å². The molecule has 0 saturated carbocycles. The van der Waals surface area contributed by atoms with Crippen LogP contribution in [0.3, 0.4) is 0 Å². The average molecular weight is 246 g/mol. The van der Waals surface area contributed by atoms with E-state index in [-0.39, 0.29) is 5.78 Å². The molecular weight excluding hydrogens is 224 g/mol. The van der Waals surface area contributed by atoms with Crippen molar-refractivity contribution in [3.8, 4) is 0 Å². The second-order valence-corrected chi connectivity index (χ2v) is 4.39. The first-order valence-corrected chi connectivity index (χ1v) is 6.67. The summed E-state index contributed by atoms with van der Waals surface area (Å²) < 4.78 is 0. The lowest BCUT2D eigenvalue weighted by Crippen LogP contribution is -2.11. The Morgan fingerprint density at radius 3 is 2.50 bits per heavy atom. The van der Waals surface area contributed by atoms with Crippen LogP contribution in [-0.2, 0) is 4.79 Å². The van der Waals surface area contributed by atoms with E-state index in [0.717, 1.165) is 24.8 Å². The Bertz CT molecular complexity index is 393. The molecule has 1 unspecified atom stereocenters. The van der Waals surface area contributed by atoms with Crippen molar-refractivity contribution in [3.05, 3.63) is 47.5 Å². The lowest BCUT2D eigenvalue weighted by molar-refractivity contribution is -0.116. The van der Waals surface area contributed by atoms with E-state index < -0.39 is 6.10 Å². The number of Topliss-reactive ketones (excluding diaryl/α,β-unsaturated/α-hetero) is 1. The van der Waals surface area contributed by atoms with Crippen molar-refractivity contribution < 1.29 is 9.90 Å². The molecule has 0 fully saturated rings. The monoisotopic (exact) mass is 246 g/mol. The van der Waals surface area contributed by atoms with Gasteiger partial charge in [-0.3, -0.25) is 4.79 Å². The Morgan fingerprint density at radius 2 is 1.94 bits per heavy atom. The summed E-state index contributed by atoms with van der Waals surface area (Å²) in [7, 11) is 0. The first-order valence-electron chi connectivity index (χ1n) is 6.67. The number of hydrogen-bond acceptors (Lipinski definition) is 2. The van der Waals surface area contributed by atoms with Crippen LogP contribution in [0.1, 0.15) is 51.2 Å². The summed E-state index contributed by atoms with van der Waals surface area (Å²) in [5, 5.41) is 10.3. The number of hydrogen-bond donors (Lipinski definition) is 1. The Morgan fingerprint density at radius 1 is 1.28 bits per heavy atom. The molecule has 0 heterocycles. The molecule has 1 N–H and O–H groups in total. The highest BCUT2D eigenvalue weighted by atomic mass is 16.3. The van der Waals surface area contributed by atoms with Crippen LogP contribution >= 0.6 is 0 Å². The number of allylic oxidation sites excluding steroid dienone is 1. The van der Waals surface area contributed by atoms with E-state index in [1.807, 2.05) is 43.3 Å². The van der Waals surface area contributed by atoms with Gasteiger partial charge in [-0.1, -0.05) is 63.1 Å². The van der Waals surface area contributed by atoms with Crippen LogP contribution < -0.4 is 0 Å². The molecule has 0 bridgehead atoms. The van der Waals surface area contributed by atoms with Gasteiger partial charge in [0, 0.05) is 12.0 Å². The number of carbonyl (C=O) groups is 1. The normalized spacial score (nSPS) is 13.4. The Balaban J connectivity index is 2.89. The molecule has 0 amide bonds. The summed E-state index contributed by atoms with van der Waals surface area (Å²) in [4.78, 5) is 11.9. The molecule has 0 aliphatic carbocycles. The molecule has 2 nitrogen and oxygen atoms in total. The zero-order valence-corrected chi connectivity index (χ0v) is 11.2. The third-order valence-corrected chi connectivity index (χ3v) is 2.97. The maximum atomic E-state index is 11.9. The van der Waals surface area contributed by atoms with Crippen LogP contribution in [0.5, 0.6) is 0 Å². The minimum atomic E-state index is -0.796. The molecule has 1 aromatic rings. The highest BCUT2D eigenvalue weighted by molar-refractivity contribution is 5.96. The van der Waals surface area contributed by atoms with E-state index in [1.54, 1.807) is 0 Å². The first kappa shape index (κ1) is 14.7. The van der Waals surface area contributed by atoms with Gasteiger partial charge in [0.15, 0.2) is 5.78 Å². The summed E-state index contributed by atoms with van der Waals surface area (Å²) in [6, 6.07) is 9.35. The highest BCUT2D eigenvalue weighted by Gasteiger charge is 2.18. The summed E-state index contributed by atoms with van der Waals surface area (Å²) in [5.41, 5.74) is 1.32. The molecule has 0 aliphatic rings. The van der Waals surface area contributed by atoms with Crippen molar-refractivity contribution in [2.24, 2.45) is 0 Å². The Kier molecular flexibility index (Phi) is 6.37. The lowest BCUT2D eigenvalue weighted by atomic mass is 9.95. The van der Waals surface area contributed by atoms with Crippen LogP contribution in [0.15, 0.2) is 42.0 Å². The van der Waals surface area contributed by atoms with Gasteiger partial charge >= 0.3 is 0 Å². The van der Waals surface area contributed by atoms with E-state index in [9.17, 15) is 9.90 Å². The molecule has 0 saturated heterocycles. The largest absolute Gasteiger partial charge is 0.384 e. The van der Waals surface area contributed by atoms with Gasteiger partial charge < -0.3 is 5.11 Å². The average Bonchev–Trinajstić information content (AvgIpc) is 2.43. The van der Waals surface area contributed by atoms with Crippen molar-refractivity contribution in [2.45, 2.75) is 45.6 Å². The van der Waals surface area contributed by atoms with Crippen LogP contribution in [0.25, 0.3) is 0 Å². The predicted octanol–water partition coefficient (Wildman–Crippen LogP) is 3.82. The fourth-order valence-corrected chi connectivity index (χ4v) is 1.86. The van der Waals surface area contributed by atoms with E-state index in [2.05, 4.69) is 6.92 Å². The highest BCUT2D eigenvalue weighted by Crippen LogP contribution is 2.23. The third-order valence-electron chi connectivity index (χ3n) is 2.97. The molecule has 1 atom stereocenters. The molecule has 1 aromatic carbocycles. The number of rotatable bonds is 7. The lowest BCUT2D eigenvalue weighted by Gasteiger charge is -2.14. The van der Waals surface area contributed by atoms with Gasteiger partial charge in [-0.05, 0) is 12.0 Å². The molecular formula is C16H22O2. The first-order chi connectivity index (χ1) is 8.70. The molecule has 0 radical (unpaired) electrons. The second-order valence-electron chi connectivity index (χ2n) is 4.39. The summed E-state index contributed by atoms with van der Waals surface area (Å²) in [6.07, 6.45) is 4.51. The third kappa shape index (κ3) is 4.11. The fraction of sp³-hybridized carbons (Fsp3) is 0.438. The molecule has 0 aromatic heterocycles. The number of aliphatic hydroxyl groups excluding tert-OH is 1. The Hall–Kier alpha value is -1.41. The standard InChI is InChI=1S/C16H22O2/c1-3-5-7-12-14(15(17)4-2)16(18)13-10-8-6-9-11-13/h6,8-12,16,18H,3-5,7H2,1-2H3. The zero-order valence-electron chi connectivity index (χ0n) is 11.2. The summed E-state index contributed by atoms with van der Waals surface area (Å²) >= 11 is 0. The van der Waals surface area contributed by atoms with Crippen LogP contribution in [0.4, 0.5) is 0 Å². The van der Waals surface area contributed by atoms with Gasteiger partial charge in [0.25, 0.3) is 0 Å². The van der Waals surface area contributed by atoms with Gasteiger partial charge in [-0.2, -0.15) is 0 Å². The topological polar surface area (TPSA) is 37.3 Å². The van der Waals surface area contributed by atoms with Crippen LogP contribution in [0, 0.1) is 0 Å². The molecule has 0 spiro atoms. The van der Waals surface area contributed by atoms with Gasteiger partial charge in [0.1, 0.15) is 6.10 Å². The van der Waals surface area contributed by atoms with Crippen molar-refractivity contribution in [3.63, 3.8) is 0 Å². The smallest absolute Gasteiger partial charge is 0.161 e. The van der Waals surface area contributed by atoms with Gasteiger partial charge in [0.2, 0.25) is 0 Å². The predicted molar refractivity (Wildman–Crippen MR) is 74.3 cm³/mol. The maximum absolute atomic E-state index is 11.9. The van der Waals surface area contributed by atoms with E-state index in [1.165, 1.54) is 0 Å². The second kappa shape index (κ2) is 7.83. The number of benzene rings is 1. The molecule has 18 heavy (non-hydrogen) atoms. The number of ketones is 1. The van der Waals surface area contributed by atoms with Crippen molar-refractivity contribution in [1.82, 2.24) is 0 Å². The number of carbonyl (C=O) groups excluding carboxylic acids is 1. The number of unbranched alkanes of at least 4 members (excludes halogenated alkanes) is 2. The van der Waals surface area contributed by atoms with Gasteiger partial charge in [0.05, 0.1) is 0 Å². The van der Waals surface area contributed by atoms with E-state index >= 15 is 0 Å². The minimum Gasteiger partial charge on any atom is -0.384 e. The molecule has 1 rings (SSSR count).